The van der Waals surface area contributed by atoms with Crippen LogP contribution in [0.2, 0.25) is 0 Å². The Morgan fingerprint density at radius 2 is 2.11 bits per heavy atom. The van der Waals surface area contributed by atoms with Crippen molar-refractivity contribution >= 4 is 17.0 Å². The SMILES string of the molecule is CCOC(=O)NC(C)(C)Cc1c[nH]c2ccccc12. The predicted octanol–water partition coefficient (Wildman–Crippen LogP) is 3.24. The van der Waals surface area contributed by atoms with E-state index in [0.717, 1.165) is 11.9 Å². The fraction of sp³-hybridized carbons (Fsp3) is 0.400. The van der Waals surface area contributed by atoms with Gasteiger partial charge in [-0.1, -0.05) is 18.2 Å². The number of hydrogen-bond donors (Lipinski definition) is 2. The van der Waals surface area contributed by atoms with Crippen LogP contribution in [0.1, 0.15) is 26.3 Å². The highest BCUT2D eigenvalue weighted by Gasteiger charge is 2.22. The molecule has 0 spiro atoms. The van der Waals surface area contributed by atoms with Gasteiger partial charge in [0.1, 0.15) is 0 Å². The van der Waals surface area contributed by atoms with E-state index in [1.807, 2.05) is 38.2 Å². The lowest BCUT2D eigenvalue weighted by Gasteiger charge is -2.25. The first-order valence-electron chi connectivity index (χ1n) is 6.52. The summed E-state index contributed by atoms with van der Waals surface area (Å²) in [6, 6.07) is 8.16. The van der Waals surface area contributed by atoms with Crippen molar-refractivity contribution in [3.63, 3.8) is 0 Å². The number of aromatic nitrogens is 1. The molecule has 1 heterocycles. The Hall–Kier alpha value is -1.97. The zero-order valence-corrected chi connectivity index (χ0v) is 11.6. The molecule has 4 heteroatoms. The standard InChI is InChI=1S/C15H20N2O2/c1-4-19-14(18)17-15(2,3)9-11-10-16-13-8-6-5-7-12(11)13/h5-8,10,16H,4,9H2,1-3H3,(H,17,18). The van der Waals surface area contributed by atoms with Crippen LogP contribution in [0.15, 0.2) is 30.5 Å². The highest BCUT2D eigenvalue weighted by Crippen LogP contribution is 2.22. The highest BCUT2D eigenvalue weighted by atomic mass is 16.5. The summed E-state index contributed by atoms with van der Waals surface area (Å²) < 4.78 is 4.93. The van der Waals surface area contributed by atoms with Crippen LogP contribution in [0.5, 0.6) is 0 Å². The minimum atomic E-state index is -0.368. The molecular weight excluding hydrogens is 240 g/mol. The van der Waals surface area contributed by atoms with E-state index in [1.54, 1.807) is 6.92 Å². The summed E-state index contributed by atoms with van der Waals surface area (Å²) in [6.07, 6.45) is 2.38. The monoisotopic (exact) mass is 260 g/mol. The molecule has 0 aliphatic rings. The average Bonchev–Trinajstić information content (AvgIpc) is 2.72. The van der Waals surface area contributed by atoms with Crippen LogP contribution in [-0.2, 0) is 11.2 Å². The Labute approximate surface area is 113 Å². The Morgan fingerprint density at radius 3 is 2.84 bits per heavy atom. The van der Waals surface area contributed by atoms with E-state index in [4.69, 9.17) is 4.74 Å². The fourth-order valence-corrected chi connectivity index (χ4v) is 2.24. The number of aromatic amines is 1. The van der Waals surface area contributed by atoms with Gasteiger partial charge in [-0.3, -0.25) is 0 Å². The largest absolute Gasteiger partial charge is 0.450 e. The molecular formula is C15H20N2O2. The maximum Gasteiger partial charge on any atom is 0.407 e. The van der Waals surface area contributed by atoms with Crippen LogP contribution < -0.4 is 5.32 Å². The predicted molar refractivity (Wildman–Crippen MR) is 76.2 cm³/mol. The average molecular weight is 260 g/mol. The van der Waals surface area contributed by atoms with E-state index in [9.17, 15) is 4.79 Å². The fourth-order valence-electron chi connectivity index (χ4n) is 2.24. The number of nitrogens with one attached hydrogen (secondary N) is 2. The molecule has 1 aromatic carbocycles. The quantitative estimate of drug-likeness (QED) is 0.886. The van der Waals surface area contributed by atoms with Crippen LogP contribution >= 0.6 is 0 Å². The summed E-state index contributed by atoms with van der Waals surface area (Å²) in [6.45, 7) is 6.17. The van der Waals surface area contributed by atoms with Crippen LogP contribution in [0.3, 0.4) is 0 Å². The zero-order valence-electron chi connectivity index (χ0n) is 11.6. The van der Waals surface area contributed by atoms with Gasteiger partial charge in [0.05, 0.1) is 6.61 Å². The molecule has 2 rings (SSSR count). The minimum absolute atomic E-state index is 0.350. The molecule has 0 radical (unpaired) electrons. The summed E-state index contributed by atoms with van der Waals surface area (Å²) in [7, 11) is 0. The smallest absolute Gasteiger partial charge is 0.407 e. The first-order chi connectivity index (χ1) is 9.02. The van der Waals surface area contributed by atoms with Gasteiger partial charge in [-0.25, -0.2) is 4.79 Å². The van der Waals surface area contributed by atoms with Crippen molar-refractivity contribution in [3.8, 4) is 0 Å². The van der Waals surface area contributed by atoms with Crippen LogP contribution in [0, 0.1) is 0 Å². The number of hydrogen-bond acceptors (Lipinski definition) is 2. The molecule has 4 nitrogen and oxygen atoms in total. The first kappa shape index (κ1) is 13.5. The number of alkyl carbamates (subject to hydrolysis) is 1. The van der Waals surface area contributed by atoms with Crippen LogP contribution in [-0.4, -0.2) is 23.2 Å². The second-order valence-electron chi connectivity index (χ2n) is 5.27. The summed E-state index contributed by atoms with van der Waals surface area (Å²) >= 11 is 0. The maximum absolute atomic E-state index is 11.5. The second-order valence-corrected chi connectivity index (χ2v) is 5.27. The van der Waals surface area contributed by atoms with E-state index in [2.05, 4.69) is 16.4 Å². The lowest BCUT2D eigenvalue weighted by molar-refractivity contribution is 0.141. The Balaban J connectivity index is 2.13. The third-order valence-corrected chi connectivity index (χ3v) is 3.02. The second kappa shape index (κ2) is 5.34. The molecule has 102 valence electrons. The van der Waals surface area contributed by atoms with E-state index in [0.29, 0.717) is 6.61 Å². The van der Waals surface area contributed by atoms with Crippen molar-refractivity contribution in [2.45, 2.75) is 32.7 Å². The molecule has 0 aliphatic heterocycles. The van der Waals surface area contributed by atoms with Gasteiger partial charge in [0.2, 0.25) is 0 Å². The summed E-state index contributed by atoms with van der Waals surface area (Å²) in [4.78, 5) is 14.8. The van der Waals surface area contributed by atoms with Crippen molar-refractivity contribution in [2.24, 2.45) is 0 Å². The molecule has 1 aromatic heterocycles. The van der Waals surface area contributed by atoms with Gasteiger partial charge < -0.3 is 15.0 Å². The van der Waals surface area contributed by atoms with Crippen molar-refractivity contribution in [3.05, 3.63) is 36.0 Å². The number of fused-ring (bicyclic) bond motifs is 1. The molecule has 0 saturated heterocycles. The van der Waals surface area contributed by atoms with E-state index < -0.39 is 0 Å². The number of ether oxygens (including phenoxy) is 1. The number of carbonyl (C=O) groups is 1. The molecule has 0 aliphatic carbocycles. The Morgan fingerprint density at radius 1 is 1.37 bits per heavy atom. The van der Waals surface area contributed by atoms with Gasteiger partial charge in [-0.15, -0.1) is 0 Å². The molecule has 2 N–H and O–H groups in total. The molecule has 1 amide bonds. The number of benzene rings is 1. The summed E-state index contributed by atoms with van der Waals surface area (Å²) in [5.74, 6) is 0. The van der Waals surface area contributed by atoms with E-state index in [-0.39, 0.29) is 11.6 Å². The Bertz CT molecular complexity index is 572. The number of amides is 1. The molecule has 0 unspecified atom stereocenters. The van der Waals surface area contributed by atoms with E-state index in [1.165, 1.54) is 10.9 Å². The van der Waals surface area contributed by atoms with Crippen molar-refractivity contribution in [1.82, 2.24) is 10.3 Å². The van der Waals surface area contributed by atoms with Gasteiger partial charge in [0.15, 0.2) is 0 Å². The number of carbonyl (C=O) groups excluding carboxylic acids is 1. The number of H-pyrrole nitrogens is 1. The normalized spacial score (nSPS) is 11.5. The topological polar surface area (TPSA) is 54.1 Å². The number of rotatable bonds is 4. The van der Waals surface area contributed by atoms with Gasteiger partial charge in [-0.05, 0) is 38.8 Å². The third-order valence-electron chi connectivity index (χ3n) is 3.02. The van der Waals surface area contributed by atoms with Crippen molar-refractivity contribution in [2.75, 3.05) is 6.61 Å². The molecule has 19 heavy (non-hydrogen) atoms. The molecule has 0 bridgehead atoms. The Kier molecular flexibility index (Phi) is 3.79. The third kappa shape index (κ3) is 3.28. The minimum Gasteiger partial charge on any atom is -0.450 e. The first-order valence-corrected chi connectivity index (χ1v) is 6.52. The number of para-hydroxylation sites is 1. The lowest BCUT2D eigenvalue weighted by Crippen LogP contribution is -2.45. The van der Waals surface area contributed by atoms with Gasteiger partial charge in [0.25, 0.3) is 0 Å². The molecule has 0 fully saturated rings. The molecule has 0 saturated carbocycles. The molecule has 0 atom stereocenters. The van der Waals surface area contributed by atoms with Crippen LogP contribution in [0.25, 0.3) is 10.9 Å². The zero-order chi connectivity index (χ0) is 13.9. The maximum atomic E-state index is 11.5. The van der Waals surface area contributed by atoms with Crippen LogP contribution in [0.4, 0.5) is 4.79 Å². The summed E-state index contributed by atoms with van der Waals surface area (Å²) in [5, 5.41) is 4.08. The van der Waals surface area contributed by atoms with Gasteiger partial charge in [-0.2, -0.15) is 0 Å². The van der Waals surface area contributed by atoms with Gasteiger partial charge >= 0.3 is 6.09 Å². The highest BCUT2D eigenvalue weighted by molar-refractivity contribution is 5.83. The van der Waals surface area contributed by atoms with E-state index >= 15 is 0 Å². The summed E-state index contributed by atoms with van der Waals surface area (Å²) in [5.41, 5.74) is 1.96. The van der Waals surface area contributed by atoms with Gasteiger partial charge in [0, 0.05) is 22.6 Å². The lowest BCUT2D eigenvalue weighted by atomic mass is 9.95. The van der Waals surface area contributed by atoms with Crippen molar-refractivity contribution in [1.29, 1.82) is 0 Å². The molecule has 2 aromatic rings. The van der Waals surface area contributed by atoms with Crippen molar-refractivity contribution < 1.29 is 9.53 Å².